The second-order valence-corrected chi connectivity index (χ2v) is 3.27. The van der Waals surface area contributed by atoms with Crippen LogP contribution in [0.25, 0.3) is 0 Å². The number of carbonyl (C=O) groups is 1. The molecule has 0 spiro atoms. The Kier molecular flexibility index (Phi) is 3.00. The molecule has 0 atom stereocenters. The molecule has 0 aliphatic rings. The molecule has 2 rings (SSSR count). The summed E-state index contributed by atoms with van der Waals surface area (Å²) in [6.07, 6.45) is 2.57. The maximum Gasteiger partial charge on any atom is 0.337 e. The molecule has 0 fully saturated rings. The van der Waals surface area contributed by atoms with E-state index in [0.29, 0.717) is 0 Å². The van der Waals surface area contributed by atoms with E-state index in [4.69, 9.17) is 9.84 Å². The number of pyridine rings is 1. The van der Waals surface area contributed by atoms with E-state index >= 15 is 0 Å². The number of carboxylic acids is 1. The Labute approximate surface area is 96.3 Å². The van der Waals surface area contributed by atoms with E-state index in [1.165, 1.54) is 36.7 Å². The van der Waals surface area contributed by atoms with Crippen LogP contribution >= 0.6 is 0 Å². The highest BCUT2D eigenvalue weighted by atomic mass is 19.1. The Morgan fingerprint density at radius 1 is 1.24 bits per heavy atom. The fraction of sp³-hybridized carbons (Fsp3) is 0. The summed E-state index contributed by atoms with van der Waals surface area (Å²) in [5.74, 6) is -0.989. The summed E-state index contributed by atoms with van der Waals surface area (Å²) >= 11 is 0. The minimum absolute atomic E-state index is 0.0129. The van der Waals surface area contributed by atoms with Gasteiger partial charge in [-0.3, -0.25) is 4.98 Å². The highest BCUT2D eigenvalue weighted by Crippen LogP contribution is 2.21. The number of aromatic carboxylic acids is 1. The summed E-state index contributed by atoms with van der Waals surface area (Å²) < 4.78 is 18.2. The summed E-state index contributed by atoms with van der Waals surface area (Å²) in [6, 6.07) is 6.88. The van der Waals surface area contributed by atoms with Crippen molar-refractivity contribution >= 4 is 5.97 Å². The van der Waals surface area contributed by atoms with Gasteiger partial charge in [0.2, 0.25) is 0 Å². The van der Waals surface area contributed by atoms with Crippen LogP contribution in [0.4, 0.5) is 4.39 Å². The summed E-state index contributed by atoms with van der Waals surface area (Å²) in [6.45, 7) is 0. The molecule has 86 valence electrons. The molecule has 1 aromatic heterocycles. The molecule has 4 nitrogen and oxygen atoms in total. The van der Waals surface area contributed by atoms with Gasteiger partial charge in [0, 0.05) is 12.3 Å². The molecule has 0 aliphatic heterocycles. The van der Waals surface area contributed by atoms with Gasteiger partial charge in [-0.2, -0.15) is 0 Å². The first kappa shape index (κ1) is 11.1. The molecule has 1 N–H and O–H groups in total. The lowest BCUT2D eigenvalue weighted by atomic mass is 10.3. The van der Waals surface area contributed by atoms with Crippen LogP contribution in [0.5, 0.6) is 11.5 Å². The Balaban J connectivity index is 2.24. The molecule has 17 heavy (non-hydrogen) atoms. The van der Waals surface area contributed by atoms with Gasteiger partial charge in [-0.15, -0.1) is 0 Å². The van der Waals surface area contributed by atoms with Crippen molar-refractivity contribution in [1.29, 1.82) is 0 Å². The maximum atomic E-state index is 12.9. The maximum absolute atomic E-state index is 12.9. The lowest BCUT2D eigenvalue weighted by Gasteiger charge is -2.05. The first-order chi connectivity index (χ1) is 8.15. The Morgan fingerprint density at radius 3 is 2.76 bits per heavy atom. The second-order valence-electron chi connectivity index (χ2n) is 3.27. The minimum Gasteiger partial charge on any atom is -0.478 e. The molecule has 0 saturated heterocycles. The average molecular weight is 233 g/mol. The van der Waals surface area contributed by atoms with Gasteiger partial charge in [-0.25, -0.2) is 9.18 Å². The predicted molar refractivity (Wildman–Crippen MR) is 57.7 cm³/mol. The topological polar surface area (TPSA) is 59.4 Å². The fourth-order valence-electron chi connectivity index (χ4n) is 1.26. The lowest BCUT2D eigenvalue weighted by molar-refractivity contribution is 0.0696. The zero-order chi connectivity index (χ0) is 12.3. The van der Waals surface area contributed by atoms with Crippen LogP contribution in [0.15, 0.2) is 42.7 Å². The molecule has 1 heterocycles. The third-order valence-electron chi connectivity index (χ3n) is 1.99. The van der Waals surface area contributed by atoms with Gasteiger partial charge in [0.15, 0.2) is 0 Å². The van der Waals surface area contributed by atoms with Crippen molar-refractivity contribution < 1.29 is 19.0 Å². The number of ether oxygens (including phenoxy) is 1. The van der Waals surface area contributed by atoms with Gasteiger partial charge in [0.05, 0.1) is 11.8 Å². The summed E-state index contributed by atoms with van der Waals surface area (Å²) in [7, 11) is 0. The molecule has 2 aromatic rings. The van der Waals surface area contributed by atoms with E-state index in [1.807, 2.05) is 0 Å². The van der Waals surface area contributed by atoms with Crippen molar-refractivity contribution in [2.75, 3.05) is 0 Å². The Morgan fingerprint density at radius 2 is 2.06 bits per heavy atom. The van der Waals surface area contributed by atoms with Gasteiger partial charge in [-0.1, -0.05) is 6.07 Å². The number of rotatable bonds is 3. The van der Waals surface area contributed by atoms with Crippen molar-refractivity contribution in [2.45, 2.75) is 0 Å². The highest BCUT2D eigenvalue weighted by Gasteiger charge is 2.05. The van der Waals surface area contributed by atoms with Gasteiger partial charge < -0.3 is 9.84 Å². The smallest absolute Gasteiger partial charge is 0.337 e. The van der Waals surface area contributed by atoms with Crippen molar-refractivity contribution in [2.24, 2.45) is 0 Å². The van der Waals surface area contributed by atoms with Crippen LogP contribution < -0.4 is 4.74 Å². The molecule has 0 saturated carbocycles. The van der Waals surface area contributed by atoms with Crippen molar-refractivity contribution in [3.8, 4) is 11.5 Å². The lowest BCUT2D eigenvalue weighted by Crippen LogP contribution is -1.97. The first-order valence-electron chi connectivity index (χ1n) is 4.77. The minimum atomic E-state index is -1.10. The zero-order valence-corrected chi connectivity index (χ0v) is 8.63. The molecular weight excluding hydrogens is 225 g/mol. The van der Waals surface area contributed by atoms with E-state index in [2.05, 4.69) is 4.98 Å². The molecule has 0 bridgehead atoms. The predicted octanol–water partition coefficient (Wildman–Crippen LogP) is 2.71. The molecule has 0 unspecified atom stereocenters. The van der Waals surface area contributed by atoms with E-state index in [-0.39, 0.29) is 17.1 Å². The Bertz CT molecular complexity index is 557. The number of aromatic nitrogens is 1. The van der Waals surface area contributed by atoms with Gasteiger partial charge in [0.1, 0.15) is 17.3 Å². The molecule has 5 heteroatoms. The first-order valence-corrected chi connectivity index (χ1v) is 4.77. The SMILES string of the molecule is O=C(O)c1cncc(Oc2cccc(F)c2)c1. The summed E-state index contributed by atoms with van der Waals surface area (Å²) in [5, 5.41) is 8.76. The number of halogens is 1. The monoisotopic (exact) mass is 233 g/mol. The van der Waals surface area contributed by atoms with Gasteiger partial charge in [-0.05, 0) is 18.2 Å². The van der Waals surface area contributed by atoms with Crippen LogP contribution in [-0.2, 0) is 0 Å². The van der Waals surface area contributed by atoms with Crippen LogP contribution in [0, 0.1) is 5.82 Å². The molecule has 0 radical (unpaired) electrons. The standard InChI is InChI=1S/C12H8FNO3/c13-9-2-1-3-10(5-9)17-11-4-8(12(15)16)6-14-7-11/h1-7H,(H,15,16). The van der Waals surface area contributed by atoms with E-state index < -0.39 is 11.8 Å². The van der Waals surface area contributed by atoms with Gasteiger partial charge in [0.25, 0.3) is 0 Å². The fourth-order valence-corrected chi connectivity index (χ4v) is 1.26. The number of hydrogen-bond acceptors (Lipinski definition) is 3. The van der Waals surface area contributed by atoms with Crippen LogP contribution in [0.1, 0.15) is 10.4 Å². The average Bonchev–Trinajstić information content (AvgIpc) is 2.29. The third kappa shape index (κ3) is 2.78. The molecule has 0 amide bonds. The third-order valence-corrected chi connectivity index (χ3v) is 1.99. The number of carboxylic acid groups (broad SMARTS) is 1. The largest absolute Gasteiger partial charge is 0.478 e. The molecule has 0 aliphatic carbocycles. The van der Waals surface area contributed by atoms with Crippen molar-refractivity contribution in [1.82, 2.24) is 4.98 Å². The van der Waals surface area contributed by atoms with E-state index in [1.54, 1.807) is 6.07 Å². The Hall–Kier alpha value is -2.43. The normalized spacial score (nSPS) is 9.94. The van der Waals surface area contributed by atoms with E-state index in [0.717, 1.165) is 0 Å². The summed E-state index contributed by atoms with van der Waals surface area (Å²) in [4.78, 5) is 14.4. The second kappa shape index (κ2) is 4.61. The van der Waals surface area contributed by atoms with Crippen molar-refractivity contribution in [3.05, 3.63) is 54.1 Å². The quantitative estimate of drug-likeness (QED) is 0.885. The summed E-state index contributed by atoms with van der Waals surface area (Å²) in [5.41, 5.74) is 0.0129. The molecule has 1 aromatic carbocycles. The van der Waals surface area contributed by atoms with Crippen LogP contribution in [-0.4, -0.2) is 16.1 Å². The number of nitrogens with zero attached hydrogens (tertiary/aromatic N) is 1. The highest BCUT2D eigenvalue weighted by molar-refractivity contribution is 5.87. The number of hydrogen-bond donors (Lipinski definition) is 1. The molecular formula is C12H8FNO3. The van der Waals surface area contributed by atoms with Crippen molar-refractivity contribution in [3.63, 3.8) is 0 Å². The van der Waals surface area contributed by atoms with E-state index in [9.17, 15) is 9.18 Å². The number of benzene rings is 1. The van der Waals surface area contributed by atoms with Crippen LogP contribution in [0.3, 0.4) is 0 Å². The zero-order valence-electron chi connectivity index (χ0n) is 8.63. The van der Waals surface area contributed by atoms with Gasteiger partial charge >= 0.3 is 5.97 Å². The van der Waals surface area contributed by atoms with Crippen LogP contribution in [0.2, 0.25) is 0 Å².